The van der Waals surface area contributed by atoms with Crippen LogP contribution < -0.4 is 9.44 Å². The fourth-order valence-corrected chi connectivity index (χ4v) is 2.61. The van der Waals surface area contributed by atoms with Crippen LogP contribution in [-0.2, 0) is 16.8 Å². The standard InChI is InChI=1S/C11H17BrN2O2S/c1-9(2)7-13-17(15,16)14-8-10-4-3-5-11(12)6-10/h3-6,9,13-14H,7-8H2,1-2H3. The molecule has 0 aliphatic rings. The van der Waals surface area contributed by atoms with Gasteiger partial charge in [0.25, 0.3) is 10.2 Å². The molecule has 0 amide bonds. The molecule has 0 saturated carbocycles. The first-order valence-electron chi connectivity index (χ1n) is 5.38. The average Bonchev–Trinajstić information content (AvgIpc) is 2.24. The summed E-state index contributed by atoms with van der Waals surface area (Å²) < 4.78 is 29.0. The van der Waals surface area contributed by atoms with Crippen LogP contribution in [0.5, 0.6) is 0 Å². The lowest BCUT2D eigenvalue weighted by molar-refractivity contribution is 0.547. The van der Waals surface area contributed by atoms with Crippen molar-refractivity contribution in [3.8, 4) is 0 Å². The highest BCUT2D eigenvalue weighted by atomic mass is 79.9. The Morgan fingerprint density at radius 2 is 2.00 bits per heavy atom. The summed E-state index contributed by atoms with van der Waals surface area (Å²) in [5.41, 5.74) is 0.911. The van der Waals surface area contributed by atoms with Crippen molar-refractivity contribution in [1.82, 2.24) is 9.44 Å². The van der Waals surface area contributed by atoms with Gasteiger partial charge >= 0.3 is 0 Å². The van der Waals surface area contributed by atoms with Gasteiger partial charge in [-0.3, -0.25) is 0 Å². The van der Waals surface area contributed by atoms with Gasteiger partial charge in [0.1, 0.15) is 0 Å². The first-order valence-corrected chi connectivity index (χ1v) is 7.65. The van der Waals surface area contributed by atoms with E-state index in [0.717, 1.165) is 10.0 Å². The molecule has 1 aromatic rings. The number of benzene rings is 1. The second-order valence-electron chi connectivity index (χ2n) is 4.20. The van der Waals surface area contributed by atoms with E-state index < -0.39 is 10.2 Å². The van der Waals surface area contributed by atoms with E-state index in [-0.39, 0.29) is 12.5 Å². The first kappa shape index (κ1) is 14.6. The summed E-state index contributed by atoms with van der Waals surface area (Å²) in [5, 5.41) is 0. The van der Waals surface area contributed by atoms with E-state index in [9.17, 15) is 8.42 Å². The van der Waals surface area contributed by atoms with E-state index in [1.165, 1.54) is 0 Å². The van der Waals surface area contributed by atoms with Gasteiger partial charge in [-0.25, -0.2) is 4.72 Å². The third kappa shape index (κ3) is 6.16. The first-order chi connectivity index (χ1) is 7.89. The molecule has 0 spiro atoms. The Hall–Kier alpha value is -0.430. The molecule has 0 heterocycles. The molecule has 1 rings (SSSR count). The summed E-state index contributed by atoms with van der Waals surface area (Å²) in [7, 11) is -3.40. The minimum absolute atomic E-state index is 0.285. The third-order valence-electron chi connectivity index (χ3n) is 2.04. The zero-order valence-corrected chi connectivity index (χ0v) is 12.3. The summed E-state index contributed by atoms with van der Waals surface area (Å²) in [6.45, 7) is 4.63. The second-order valence-corrected chi connectivity index (χ2v) is 6.70. The van der Waals surface area contributed by atoms with Crippen molar-refractivity contribution in [2.75, 3.05) is 6.54 Å². The van der Waals surface area contributed by atoms with E-state index >= 15 is 0 Å². The zero-order valence-electron chi connectivity index (χ0n) is 9.90. The van der Waals surface area contributed by atoms with Gasteiger partial charge in [-0.1, -0.05) is 41.9 Å². The molecule has 0 bridgehead atoms. The quantitative estimate of drug-likeness (QED) is 0.842. The molecule has 0 aromatic heterocycles. The Labute approximate surface area is 111 Å². The van der Waals surface area contributed by atoms with Gasteiger partial charge < -0.3 is 0 Å². The van der Waals surface area contributed by atoms with Crippen LogP contribution in [0.15, 0.2) is 28.7 Å². The Morgan fingerprint density at radius 3 is 2.59 bits per heavy atom. The molecular weight excluding hydrogens is 304 g/mol. The lowest BCUT2D eigenvalue weighted by Crippen LogP contribution is -2.37. The van der Waals surface area contributed by atoms with Crippen molar-refractivity contribution in [3.63, 3.8) is 0 Å². The molecule has 0 radical (unpaired) electrons. The van der Waals surface area contributed by atoms with E-state index in [2.05, 4.69) is 25.4 Å². The molecule has 4 nitrogen and oxygen atoms in total. The predicted octanol–water partition coefficient (Wildman–Crippen LogP) is 2.03. The number of rotatable bonds is 6. The average molecular weight is 321 g/mol. The summed E-state index contributed by atoms with van der Waals surface area (Å²) >= 11 is 3.34. The van der Waals surface area contributed by atoms with Crippen LogP contribution in [0.3, 0.4) is 0 Å². The number of halogens is 1. The van der Waals surface area contributed by atoms with Crippen molar-refractivity contribution >= 4 is 26.1 Å². The highest BCUT2D eigenvalue weighted by Gasteiger charge is 2.09. The minimum atomic E-state index is -3.40. The van der Waals surface area contributed by atoms with Gasteiger partial charge in [0.15, 0.2) is 0 Å². The minimum Gasteiger partial charge on any atom is -0.202 e. The van der Waals surface area contributed by atoms with Crippen LogP contribution >= 0.6 is 15.9 Å². The molecule has 0 atom stereocenters. The smallest absolute Gasteiger partial charge is 0.202 e. The maximum Gasteiger partial charge on any atom is 0.277 e. The molecule has 0 saturated heterocycles. The van der Waals surface area contributed by atoms with Crippen molar-refractivity contribution in [2.45, 2.75) is 20.4 Å². The maximum atomic E-state index is 11.6. The molecule has 0 unspecified atom stereocenters. The molecule has 0 aliphatic carbocycles. The summed E-state index contributed by atoms with van der Waals surface area (Å²) in [6, 6.07) is 7.52. The maximum absolute atomic E-state index is 11.6. The van der Waals surface area contributed by atoms with Crippen LogP contribution in [0, 0.1) is 5.92 Å². The second kappa shape index (κ2) is 6.49. The van der Waals surface area contributed by atoms with E-state index in [0.29, 0.717) is 6.54 Å². The van der Waals surface area contributed by atoms with E-state index in [1.54, 1.807) is 0 Å². The van der Waals surface area contributed by atoms with Crippen LogP contribution in [0.4, 0.5) is 0 Å². The fourth-order valence-electron chi connectivity index (χ4n) is 1.15. The molecule has 0 fully saturated rings. The summed E-state index contributed by atoms with van der Waals surface area (Å²) in [6.07, 6.45) is 0. The normalized spacial score (nSPS) is 12.0. The van der Waals surface area contributed by atoms with Crippen LogP contribution in [0.2, 0.25) is 0 Å². The molecule has 17 heavy (non-hydrogen) atoms. The van der Waals surface area contributed by atoms with Gasteiger partial charge in [-0.15, -0.1) is 0 Å². The van der Waals surface area contributed by atoms with Crippen LogP contribution in [0.25, 0.3) is 0 Å². The Balaban J connectivity index is 2.50. The monoisotopic (exact) mass is 320 g/mol. The van der Waals surface area contributed by atoms with Gasteiger partial charge in [0, 0.05) is 17.6 Å². The molecule has 96 valence electrons. The third-order valence-corrected chi connectivity index (χ3v) is 3.60. The highest BCUT2D eigenvalue weighted by Crippen LogP contribution is 2.11. The predicted molar refractivity (Wildman–Crippen MR) is 72.7 cm³/mol. The van der Waals surface area contributed by atoms with Crippen LogP contribution in [0.1, 0.15) is 19.4 Å². The molecule has 0 aliphatic heterocycles. The Kier molecular flexibility index (Phi) is 5.58. The fraction of sp³-hybridized carbons (Fsp3) is 0.455. The van der Waals surface area contributed by atoms with Gasteiger partial charge in [-0.05, 0) is 23.6 Å². The molecular formula is C11H17BrN2O2S. The van der Waals surface area contributed by atoms with Crippen molar-refractivity contribution < 1.29 is 8.42 Å². The van der Waals surface area contributed by atoms with Crippen molar-refractivity contribution in [2.24, 2.45) is 5.92 Å². The van der Waals surface area contributed by atoms with Crippen LogP contribution in [-0.4, -0.2) is 15.0 Å². The SMILES string of the molecule is CC(C)CNS(=O)(=O)NCc1cccc(Br)c1. The number of hydrogen-bond donors (Lipinski definition) is 2. The molecule has 2 N–H and O–H groups in total. The van der Waals surface area contributed by atoms with Gasteiger partial charge in [-0.2, -0.15) is 13.1 Å². The number of nitrogens with one attached hydrogen (secondary N) is 2. The lowest BCUT2D eigenvalue weighted by atomic mass is 10.2. The van der Waals surface area contributed by atoms with Gasteiger partial charge in [0.05, 0.1) is 0 Å². The van der Waals surface area contributed by atoms with Gasteiger partial charge in [0.2, 0.25) is 0 Å². The van der Waals surface area contributed by atoms with Crippen molar-refractivity contribution in [3.05, 3.63) is 34.3 Å². The topological polar surface area (TPSA) is 58.2 Å². The summed E-state index contributed by atoms with van der Waals surface area (Å²) in [4.78, 5) is 0. The summed E-state index contributed by atoms with van der Waals surface area (Å²) in [5.74, 6) is 0.289. The zero-order chi connectivity index (χ0) is 12.9. The molecule has 6 heteroatoms. The number of hydrogen-bond acceptors (Lipinski definition) is 2. The highest BCUT2D eigenvalue weighted by molar-refractivity contribution is 9.10. The largest absolute Gasteiger partial charge is 0.277 e. The Bertz CT molecular complexity index is 460. The van der Waals surface area contributed by atoms with Crippen molar-refractivity contribution in [1.29, 1.82) is 0 Å². The van der Waals surface area contributed by atoms with E-state index in [4.69, 9.17) is 0 Å². The Morgan fingerprint density at radius 1 is 1.29 bits per heavy atom. The molecule has 1 aromatic carbocycles. The van der Waals surface area contributed by atoms with E-state index in [1.807, 2.05) is 38.1 Å². The lowest BCUT2D eigenvalue weighted by Gasteiger charge is -2.10.